The molecule has 1 fully saturated rings. The average molecular weight is 410 g/mol. The van der Waals surface area contributed by atoms with Crippen molar-refractivity contribution in [2.24, 2.45) is 0 Å². The number of benzene rings is 1. The summed E-state index contributed by atoms with van der Waals surface area (Å²) >= 11 is 6.15. The van der Waals surface area contributed by atoms with E-state index < -0.39 is 24.5 Å². The van der Waals surface area contributed by atoms with Gasteiger partial charge in [-0.3, -0.25) is 14.4 Å². The minimum Gasteiger partial charge on any atom is -0.452 e. The number of rotatable bonds is 8. The minimum atomic E-state index is -0.735. The van der Waals surface area contributed by atoms with Gasteiger partial charge in [0.1, 0.15) is 6.04 Å². The predicted molar refractivity (Wildman–Crippen MR) is 104 cm³/mol. The van der Waals surface area contributed by atoms with Gasteiger partial charge in [0.25, 0.3) is 5.91 Å². The molecule has 9 heteroatoms. The maximum Gasteiger partial charge on any atom is 0.338 e. The Morgan fingerprint density at radius 1 is 1.32 bits per heavy atom. The van der Waals surface area contributed by atoms with Crippen molar-refractivity contribution in [2.75, 3.05) is 24.6 Å². The summed E-state index contributed by atoms with van der Waals surface area (Å²) in [5.74, 6) is -1.67. The molecule has 152 valence electrons. The molecule has 0 bridgehead atoms. The van der Waals surface area contributed by atoms with Gasteiger partial charge in [0.05, 0.1) is 16.3 Å². The van der Waals surface area contributed by atoms with E-state index in [1.807, 2.05) is 6.92 Å². The number of hydrogen-bond acceptors (Lipinski definition) is 5. The van der Waals surface area contributed by atoms with Crippen LogP contribution in [0.25, 0.3) is 0 Å². The molecule has 1 aliphatic rings. The van der Waals surface area contributed by atoms with Gasteiger partial charge in [0.15, 0.2) is 6.61 Å². The molecule has 1 aromatic carbocycles. The van der Waals surface area contributed by atoms with Gasteiger partial charge in [-0.05, 0) is 38.0 Å². The van der Waals surface area contributed by atoms with Crippen LogP contribution in [0, 0.1) is 0 Å². The van der Waals surface area contributed by atoms with E-state index in [9.17, 15) is 19.2 Å². The number of carbonyl (C=O) groups excluding carboxylic acids is 4. The van der Waals surface area contributed by atoms with E-state index in [0.717, 1.165) is 12.8 Å². The Bertz CT molecular complexity index is 768. The molecule has 0 radical (unpaired) electrons. The summed E-state index contributed by atoms with van der Waals surface area (Å²) in [4.78, 5) is 49.3. The van der Waals surface area contributed by atoms with E-state index in [1.54, 1.807) is 6.92 Å². The van der Waals surface area contributed by atoms with Crippen molar-refractivity contribution < 1.29 is 23.9 Å². The van der Waals surface area contributed by atoms with E-state index in [0.29, 0.717) is 30.2 Å². The lowest BCUT2D eigenvalue weighted by atomic mass is 10.2. The van der Waals surface area contributed by atoms with Crippen LogP contribution in [0.2, 0.25) is 5.02 Å². The van der Waals surface area contributed by atoms with Crippen molar-refractivity contribution in [1.82, 2.24) is 10.6 Å². The largest absolute Gasteiger partial charge is 0.452 e. The fourth-order valence-corrected chi connectivity index (χ4v) is 2.93. The lowest BCUT2D eigenvalue weighted by Gasteiger charge is -2.18. The van der Waals surface area contributed by atoms with E-state index in [-0.39, 0.29) is 17.4 Å². The standard InChI is InChI=1S/C19H24ClN3O5/c1-3-8-21-18(26)12(2)22-16(24)11-28-19(27)13-6-7-14(20)15(10-13)23-9-4-5-17(23)25/h6-7,10,12H,3-5,8-9,11H2,1-2H3,(H,21,26)(H,22,24)/t12-/m0/s1. The van der Waals surface area contributed by atoms with Crippen molar-refractivity contribution >= 4 is 41.0 Å². The summed E-state index contributed by atoms with van der Waals surface area (Å²) in [7, 11) is 0. The van der Waals surface area contributed by atoms with Crippen LogP contribution in [-0.4, -0.2) is 49.4 Å². The number of halogens is 1. The van der Waals surface area contributed by atoms with Crippen LogP contribution < -0.4 is 15.5 Å². The third-order valence-corrected chi connectivity index (χ3v) is 4.52. The molecule has 8 nitrogen and oxygen atoms in total. The van der Waals surface area contributed by atoms with Crippen molar-refractivity contribution in [1.29, 1.82) is 0 Å². The fourth-order valence-electron chi connectivity index (χ4n) is 2.71. The SMILES string of the molecule is CCCNC(=O)[C@H](C)NC(=O)COC(=O)c1ccc(Cl)c(N2CCCC2=O)c1. The Morgan fingerprint density at radius 3 is 2.71 bits per heavy atom. The summed E-state index contributed by atoms with van der Waals surface area (Å²) in [5, 5.41) is 5.49. The normalized spacial score (nSPS) is 14.5. The van der Waals surface area contributed by atoms with Crippen LogP contribution in [-0.2, 0) is 19.1 Å². The van der Waals surface area contributed by atoms with Crippen molar-refractivity contribution in [3.8, 4) is 0 Å². The van der Waals surface area contributed by atoms with E-state index in [4.69, 9.17) is 16.3 Å². The van der Waals surface area contributed by atoms with Crippen LogP contribution in [0.15, 0.2) is 18.2 Å². The monoisotopic (exact) mass is 409 g/mol. The lowest BCUT2D eigenvalue weighted by Crippen LogP contribution is -2.46. The van der Waals surface area contributed by atoms with E-state index in [2.05, 4.69) is 10.6 Å². The lowest BCUT2D eigenvalue weighted by molar-refractivity contribution is -0.130. The van der Waals surface area contributed by atoms with Gasteiger partial charge in [-0.25, -0.2) is 4.79 Å². The third kappa shape index (κ3) is 5.69. The summed E-state index contributed by atoms with van der Waals surface area (Å²) < 4.78 is 5.01. The van der Waals surface area contributed by atoms with Crippen LogP contribution in [0.4, 0.5) is 5.69 Å². The summed E-state index contributed by atoms with van der Waals surface area (Å²) in [6, 6.07) is 3.72. The van der Waals surface area contributed by atoms with Crippen LogP contribution >= 0.6 is 11.6 Å². The molecule has 1 heterocycles. The van der Waals surface area contributed by atoms with Crippen molar-refractivity contribution in [2.45, 2.75) is 39.2 Å². The second-order valence-electron chi connectivity index (χ2n) is 6.47. The van der Waals surface area contributed by atoms with Gasteiger partial charge in [0, 0.05) is 19.5 Å². The van der Waals surface area contributed by atoms with Gasteiger partial charge >= 0.3 is 5.97 Å². The Morgan fingerprint density at radius 2 is 2.07 bits per heavy atom. The second kappa shape index (κ2) is 10.1. The first-order chi connectivity index (χ1) is 13.3. The highest BCUT2D eigenvalue weighted by atomic mass is 35.5. The third-order valence-electron chi connectivity index (χ3n) is 4.20. The van der Waals surface area contributed by atoms with Gasteiger partial charge < -0.3 is 20.3 Å². The summed E-state index contributed by atoms with van der Waals surface area (Å²) in [6.45, 7) is 4.00. The molecule has 0 aromatic heterocycles. The molecule has 2 rings (SSSR count). The van der Waals surface area contributed by atoms with Crippen LogP contribution in [0.3, 0.4) is 0 Å². The fraction of sp³-hybridized carbons (Fsp3) is 0.474. The molecule has 1 aliphatic heterocycles. The van der Waals surface area contributed by atoms with Gasteiger partial charge in [-0.15, -0.1) is 0 Å². The van der Waals surface area contributed by atoms with Crippen molar-refractivity contribution in [3.63, 3.8) is 0 Å². The van der Waals surface area contributed by atoms with Crippen molar-refractivity contribution in [3.05, 3.63) is 28.8 Å². The molecule has 1 atom stereocenters. The predicted octanol–water partition coefficient (Wildman–Crippen LogP) is 1.65. The first-order valence-electron chi connectivity index (χ1n) is 9.17. The number of anilines is 1. The number of hydrogen-bond donors (Lipinski definition) is 2. The molecule has 0 saturated carbocycles. The Labute approximate surface area is 168 Å². The zero-order chi connectivity index (χ0) is 20.7. The molecule has 0 aliphatic carbocycles. The summed E-state index contributed by atoms with van der Waals surface area (Å²) in [5.41, 5.74) is 0.630. The molecule has 1 saturated heterocycles. The molecule has 1 aromatic rings. The first kappa shape index (κ1) is 21.7. The molecule has 28 heavy (non-hydrogen) atoms. The maximum atomic E-state index is 12.2. The van der Waals surface area contributed by atoms with Crippen LogP contribution in [0.1, 0.15) is 43.5 Å². The number of esters is 1. The topological polar surface area (TPSA) is 105 Å². The summed E-state index contributed by atoms with van der Waals surface area (Å²) in [6.07, 6.45) is 1.96. The number of amides is 3. The van der Waals surface area contributed by atoms with E-state index >= 15 is 0 Å². The highest BCUT2D eigenvalue weighted by molar-refractivity contribution is 6.34. The Hall–Kier alpha value is -2.61. The van der Waals surface area contributed by atoms with E-state index in [1.165, 1.54) is 23.1 Å². The number of ether oxygens (including phenoxy) is 1. The second-order valence-corrected chi connectivity index (χ2v) is 6.88. The number of nitrogens with one attached hydrogen (secondary N) is 2. The van der Waals surface area contributed by atoms with Gasteiger partial charge in [-0.1, -0.05) is 18.5 Å². The minimum absolute atomic E-state index is 0.0536. The van der Waals surface area contributed by atoms with Gasteiger partial charge in [0.2, 0.25) is 11.8 Å². The number of carbonyl (C=O) groups is 4. The Balaban J connectivity index is 1.91. The molecular weight excluding hydrogens is 386 g/mol. The maximum absolute atomic E-state index is 12.2. The smallest absolute Gasteiger partial charge is 0.338 e. The zero-order valence-corrected chi connectivity index (χ0v) is 16.7. The quantitative estimate of drug-likeness (QED) is 0.635. The first-order valence-corrected chi connectivity index (χ1v) is 9.55. The molecule has 0 unspecified atom stereocenters. The zero-order valence-electron chi connectivity index (χ0n) is 15.9. The molecular formula is C19H24ClN3O5. The average Bonchev–Trinajstić information content (AvgIpc) is 3.10. The van der Waals surface area contributed by atoms with Crippen LogP contribution in [0.5, 0.6) is 0 Å². The molecule has 0 spiro atoms. The molecule has 3 amide bonds. The number of nitrogens with zero attached hydrogens (tertiary/aromatic N) is 1. The highest BCUT2D eigenvalue weighted by Gasteiger charge is 2.25. The molecule has 2 N–H and O–H groups in total. The van der Waals surface area contributed by atoms with Gasteiger partial charge in [-0.2, -0.15) is 0 Å². The highest BCUT2D eigenvalue weighted by Crippen LogP contribution is 2.30. The Kier molecular flexibility index (Phi) is 7.80.